The largest absolute Gasteiger partial charge is 0.480 e. The molecule has 0 aliphatic rings. The third-order valence-corrected chi connectivity index (χ3v) is 5.30. The van der Waals surface area contributed by atoms with E-state index < -0.39 is 12.0 Å². The van der Waals surface area contributed by atoms with Gasteiger partial charge < -0.3 is 9.67 Å². The lowest BCUT2D eigenvalue weighted by Gasteiger charge is -2.13. The summed E-state index contributed by atoms with van der Waals surface area (Å²) in [5.41, 5.74) is 3.37. The molecule has 1 unspecified atom stereocenters. The first-order valence-electron chi connectivity index (χ1n) is 8.41. The number of fused-ring (bicyclic) bond motifs is 1. The second-order valence-electron chi connectivity index (χ2n) is 6.27. The first-order chi connectivity index (χ1) is 12.4. The lowest BCUT2D eigenvalue weighted by atomic mass is 10.1. The van der Waals surface area contributed by atoms with Gasteiger partial charge in [0.1, 0.15) is 6.04 Å². The fourth-order valence-corrected chi connectivity index (χ4v) is 3.89. The van der Waals surface area contributed by atoms with Gasteiger partial charge in [0.05, 0.1) is 10.2 Å². The number of aliphatic carboxylic acids is 1. The second kappa shape index (κ2) is 7.25. The monoisotopic (exact) mass is 368 g/mol. The molecule has 0 fully saturated rings. The van der Waals surface area contributed by atoms with Crippen molar-refractivity contribution in [1.29, 1.82) is 0 Å². The molecule has 2 aromatic carbocycles. The molecule has 0 saturated heterocycles. The summed E-state index contributed by atoms with van der Waals surface area (Å²) in [4.78, 5) is 29.0. The Balaban J connectivity index is 2.22. The van der Waals surface area contributed by atoms with Crippen molar-refractivity contribution in [3.8, 4) is 0 Å². The molecular formula is C20H20N2O3S. The number of carbonyl (C=O) groups is 2. The lowest BCUT2D eigenvalue weighted by molar-refractivity contribution is -0.140. The molecule has 0 aliphatic heterocycles. The van der Waals surface area contributed by atoms with Crippen LogP contribution in [0.2, 0.25) is 0 Å². The maximum Gasteiger partial charge on any atom is 0.326 e. The van der Waals surface area contributed by atoms with Crippen LogP contribution in [0.25, 0.3) is 10.2 Å². The van der Waals surface area contributed by atoms with Crippen LogP contribution in [0.15, 0.2) is 47.5 Å². The highest BCUT2D eigenvalue weighted by Crippen LogP contribution is 2.24. The summed E-state index contributed by atoms with van der Waals surface area (Å²) in [5.74, 6) is -1.31. The van der Waals surface area contributed by atoms with Crippen LogP contribution in [-0.2, 0) is 4.79 Å². The molecule has 134 valence electrons. The molecule has 1 aromatic heterocycles. The normalized spacial score (nSPS) is 13.1. The highest BCUT2D eigenvalue weighted by molar-refractivity contribution is 7.16. The average Bonchev–Trinajstić information content (AvgIpc) is 2.93. The van der Waals surface area contributed by atoms with Crippen molar-refractivity contribution >= 4 is 33.4 Å². The lowest BCUT2D eigenvalue weighted by Crippen LogP contribution is -2.27. The van der Waals surface area contributed by atoms with Crippen LogP contribution in [0.5, 0.6) is 0 Å². The zero-order valence-corrected chi connectivity index (χ0v) is 15.7. The molecule has 1 N–H and O–H groups in total. The van der Waals surface area contributed by atoms with Gasteiger partial charge in [0, 0.05) is 5.56 Å². The zero-order valence-electron chi connectivity index (χ0n) is 14.9. The van der Waals surface area contributed by atoms with Crippen LogP contribution < -0.4 is 4.80 Å². The highest BCUT2D eigenvalue weighted by Gasteiger charge is 2.22. The van der Waals surface area contributed by atoms with Crippen LogP contribution >= 0.6 is 11.3 Å². The molecule has 1 heterocycles. The molecular weight excluding hydrogens is 348 g/mol. The quantitative estimate of drug-likeness (QED) is 0.754. The van der Waals surface area contributed by atoms with Crippen molar-refractivity contribution in [3.63, 3.8) is 0 Å². The summed E-state index contributed by atoms with van der Waals surface area (Å²) >= 11 is 1.33. The molecule has 0 bridgehead atoms. The molecule has 1 amide bonds. The van der Waals surface area contributed by atoms with Crippen molar-refractivity contribution < 1.29 is 14.7 Å². The second-order valence-corrected chi connectivity index (χ2v) is 7.28. The van der Waals surface area contributed by atoms with E-state index in [4.69, 9.17) is 0 Å². The van der Waals surface area contributed by atoms with E-state index in [-0.39, 0.29) is 5.91 Å². The van der Waals surface area contributed by atoms with Gasteiger partial charge in [-0.1, -0.05) is 42.0 Å². The van der Waals surface area contributed by atoms with Crippen molar-refractivity contribution in [2.45, 2.75) is 33.2 Å². The van der Waals surface area contributed by atoms with Crippen LogP contribution in [0, 0.1) is 13.8 Å². The van der Waals surface area contributed by atoms with Crippen LogP contribution in [0.3, 0.4) is 0 Å². The molecule has 5 nitrogen and oxygen atoms in total. The number of aryl methyl sites for hydroxylation is 2. The van der Waals surface area contributed by atoms with Crippen molar-refractivity contribution in [2.75, 3.05) is 0 Å². The third-order valence-electron chi connectivity index (χ3n) is 4.26. The molecule has 0 spiro atoms. The number of thiazole rings is 1. The molecule has 3 rings (SSSR count). The number of carboxylic acids is 1. The SMILES string of the molecule is CCC(C(=O)O)n1c(=NC(=O)c2ccc(C)cc2)sc2ccc(C)cc21. The Labute approximate surface area is 155 Å². The van der Waals surface area contributed by atoms with E-state index in [2.05, 4.69) is 4.99 Å². The number of hydrogen-bond acceptors (Lipinski definition) is 3. The predicted octanol–water partition coefficient (Wildman–Crippen LogP) is 4.10. The zero-order chi connectivity index (χ0) is 18.8. The Hall–Kier alpha value is -2.73. The number of nitrogens with zero attached hydrogens (tertiary/aromatic N) is 2. The number of carboxylic acid groups (broad SMARTS) is 1. The van der Waals surface area contributed by atoms with Crippen LogP contribution in [-0.4, -0.2) is 21.6 Å². The number of carbonyl (C=O) groups excluding carboxylic acids is 1. The average molecular weight is 368 g/mol. The molecule has 26 heavy (non-hydrogen) atoms. The van der Waals surface area contributed by atoms with E-state index in [1.807, 2.05) is 51.1 Å². The minimum Gasteiger partial charge on any atom is -0.480 e. The maximum atomic E-state index is 12.6. The first-order valence-corrected chi connectivity index (χ1v) is 9.22. The summed E-state index contributed by atoms with van der Waals surface area (Å²) in [6.07, 6.45) is 0.404. The predicted molar refractivity (Wildman–Crippen MR) is 103 cm³/mol. The fraction of sp³-hybridized carbons (Fsp3) is 0.250. The first kappa shape index (κ1) is 18.1. The minimum atomic E-state index is -0.932. The molecule has 0 aliphatic carbocycles. The number of aromatic nitrogens is 1. The molecule has 1 atom stereocenters. The molecule has 3 aromatic rings. The topological polar surface area (TPSA) is 71.7 Å². The maximum absolute atomic E-state index is 12.6. The smallest absolute Gasteiger partial charge is 0.326 e. The van der Waals surface area contributed by atoms with E-state index >= 15 is 0 Å². The van der Waals surface area contributed by atoms with Crippen LogP contribution in [0.4, 0.5) is 0 Å². The number of rotatable bonds is 4. The summed E-state index contributed by atoms with van der Waals surface area (Å²) in [7, 11) is 0. The fourth-order valence-electron chi connectivity index (χ4n) is 2.85. The third kappa shape index (κ3) is 3.46. The van der Waals surface area contributed by atoms with Gasteiger partial charge in [-0.15, -0.1) is 0 Å². The Bertz CT molecular complexity index is 1050. The van der Waals surface area contributed by atoms with Gasteiger partial charge in [-0.3, -0.25) is 4.79 Å². The molecule has 0 saturated carbocycles. The number of amides is 1. The summed E-state index contributed by atoms with van der Waals surface area (Å²) in [6, 6.07) is 12.3. The Kier molecular flexibility index (Phi) is 5.04. The summed E-state index contributed by atoms with van der Waals surface area (Å²) < 4.78 is 2.58. The van der Waals surface area contributed by atoms with E-state index in [0.29, 0.717) is 16.8 Å². The summed E-state index contributed by atoms with van der Waals surface area (Å²) in [5, 5.41) is 9.64. The highest BCUT2D eigenvalue weighted by atomic mass is 32.1. The van der Waals surface area contributed by atoms with E-state index in [1.165, 1.54) is 11.3 Å². The minimum absolute atomic E-state index is 0.373. The Morgan fingerprint density at radius 2 is 1.77 bits per heavy atom. The van der Waals surface area contributed by atoms with Crippen molar-refractivity contribution in [2.24, 2.45) is 4.99 Å². The van der Waals surface area contributed by atoms with Gasteiger partial charge >= 0.3 is 5.97 Å². The van der Waals surface area contributed by atoms with Crippen LogP contribution in [0.1, 0.15) is 40.9 Å². The Morgan fingerprint density at radius 1 is 1.12 bits per heavy atom. The Morgan fingerprint density at radius 3 is 2.38 bits per heavy atom. The van der Waals surface area contributed by atoms with Gasteiger partial charge in [-0.2, -0.15) is 4.99 Å². The molecule has 6 heteroatoms. The number of benzene rings is 2. The van der Waals surface area contributed by atoms with Gasteiger partial charge in [-0.05, 0) is 50.1 Å². The molecule has 0 radical (unpaired) electrons. The summed E-state index contributed by atoms with van der Waals surface area (Å²) in [6.45, 7) is 5.72. The van der Waals surface area contributed by atoms with E-state index in [0.717, 1.165) is 21.3 Å². The van der Waals surface area contributed by atoms with Gasteiger partial charge in [0.25, 0.3) is 5.91 Å². The van der Waals surface area contributed by atoms with Crippen molar-refractivity contribution in [3.05, 3.63) is 64.0 Å². The van der Waals surface area contributed by atoms with Crippen molar-refractivity contribution in [1.82, 2.24) is 4.57 Å². The van der Waals surface area contributed by atoms with Gasteiger partial charge in [0.2, 0.25) is 0 Å². The van der Waals surface area contributed by atoms with Gasteiger partial charge in [0.15, 0.2) is 4.80 Å². The number of hydrogen-bond donors (Lipinski definition) is 1. The van der Waals surface area contributed by atoms with E-state index in [1.54, 1.807) is 16.7 Å². The van der Waals surface area contributed by atoms with Gasteiger partial charge in [-0.25, -0.2) is 4.79 Å². The standard InChI is InChI=1S/C20H20N2O3S/c1-4-15(19(24)25)22-16-11-13(3)7-10-17(16)26-20(22)21-18(23)14-8-5-12(2)6-9-14/h5-11,15H,4H2,1-3H3,(H,24,25). The van der Waals surface area contributed by atoms with E-state index in [9.17, 15) is 14.7 Å².